The summed E-state index contributed by atoms with van der Waals surface area (Å²) in [5.74, 6) is 0. The van der Waals surface area contributed by atoms with Crippen LogP contribution in [-0.2, 0) is 4.74 Å². The number of anilines is 2. The van der Waals surface area contributed by atoms with Crippen molar-refractivity contribution in [3.05, 3.63) is 22.7 Å². The Morgan fingerprint density at radius 2 is 2.12 bits per heavy atom. The number of likely N-dealkylation sites (tertiary alicyclic amines) is 1. The monoisotopic (exact) mass is 425 g/mol. The van der Waals surface area contributed by atoms with Crippen LogP contribution in [0, 0.1) is 0 Å². The standard InChI is InChI=1S/C20H32BrN3O2/c1-20(2,3)26-19(25)24-13-7-9-16(24)8-5-4-6-12-23-18-11-10-15(21)14-17(18)22/h10-11,14,16,23H,4-9,12-13,22H2,1-3H3/t16-/m0/s1. The number of benzene rings is 1. The van der Waals surface area contributed by atoms with Gasteiger partial charge in [-0.3, -0.25) is 0 Å². The van der Waals surface area contributed by atoms with Crippen molar-refractivity contribution >= 4 is 33.4 Å². The van der Waals surface area contributed by atoms with Crippen LogP contribution in [-0.4, -0.2) is 35.7 Å². The van der Waals surface area contributed by atoms with E-state index in [2.05, 4.69) is 21.2 Å². The van der Waals surface area contributed by atoms with Crippen molar-refractivity contribution in [2.24, 2.45) is 0 Å². The van der Waals surface area contributed by atoms with Crippen molar-refractivity contribution in [2.45, 2.75) is 70.9 Å². The van der Waals surface area contributed by atoms with Gasteiger partial charge >= 0.3 is 6.09 Å². The number of hydrogen-bond acceptors (Lipinski definition) is 4. The van der Waals surface area contributed by atoms with Crippen LogP contribution in [0.25, 0.3) is 0 Å². The largest absolute Gasteiger partial charge is 0.444 e. The predicted molar refractivity (Wildman–Crippen MR) is 111 cm³/mol. The number of nitrogens with two attached hydrogens (primary N) is 1. The van der Waals surface area contributed by atoms with E-state index in [1.165, 1.54) is 0 Å². The van der Waals surface area contributed by atoms with Crippen LogP contribution in [0.5, 0.6) is 0 Å². The van der Waals surface area contributed by atoms with E-state index in [4.69, 9.17) is 10.5 Å². The Hall–Kier alpha value is -1.43. The average Bonchev–Trinajstić information content (AvgIpc) is 2.99. The predicted octanol–water partition coefficient (Wildman–Crippen LogP) is 5.40. The summed E-state index contributed by atoms with van der Waals surface area (Å²) >= 11 is 3.42. The molecule has 26 heavy (non-hydrogen) atoms. The summed E-state index contributed by atoms with van der Waals surface area (Å²) in [7, 11) is 0. The number of nitrogens with one attached hydrogen (secondary N) is 1. The van der Waals surface area contributed by atoms with Crippen molar-refractivity contribution in [3.63, 3.8) is 0 Å². The molecule has 1 fully saturated rings. The van der Waals surface area contributed by atoms with Gasteiger partial charge in [0, 0.05) is 23.6 Å². The fourth-order valence-electron chi connectivity index (χ4n) is 3.30. The molecule has 0 spiro atoms. The summed E-state index contributed by atoms with van der Waals surface area (Å²) < 4.78 is 6.52. The van der Waals surface area contributed by atoms with Gasteiger partial charge in [-0.05, 0) is 64.7 Å². The number of halogens is 1. The molecule has 5 nitrogen and oxygen atoms in total. The average molecular weight is 426 g/mol. The molecule has 1 aliphatic rings. The van der Waals surface area contributed by atoms with Crippen LogP contribution >= 0.6 is 15.9 Å². The lowest BCUT2D eigenvalue weighted by Crippen LogP contribution is -2.39. The second kappa shape index (κ2) is 9.49. The molecule has 0 aliphatic carbocycles. The number of amides is 1. The summed E-state index contributed by atoms with van der Waals surface area (Å²) in [5, 5.41) is 3.39. The zero-order valence-corrected chi connectivity index (χ0v) is 17.8. The highest BCUT2D eigenvalue weighted by Crippen LogP contribution is 2.25. The van der Waals surface area contributed by atoms with E-state index in [0.29, 0.717) is 6.04 Å². The second-order valence-corrected chi connectivity index (χ2v) is 8.89. The fraction of sp³-hybridized carbons (Fsp3) is 0.650. The van der Waals surface area contributed by atoms with Gasteiger partial charge in [0.25, 0.3) is 0 Å². The number of rotatable bonds is 7. The van der Waals surface area contributed by atoms with Gasteiger partial charge in [-0.15, -0.1) is 0 Å². The van der Waals surface area contributed by atoms with Crippen LogP contribution in [0.1, 0.15) is 59.3 Å². The Kier molecular flexibility index (Phi) is 7.62. The first-order chi connectivity index (χ1) is 12.3. The molecule has 0 saturated carbocycles. The molecule has 1 amide bonds. The quantitative estimate of drug-likeness (QED) is 0.452. The van der Waals surface area contributed by atoms with E-state index in [1.54, 1.807) is 0 Å². The number of nitrogen functional groups attached to an aromatic ring is 1. The minimum Gasteiger partial charge on any atom is -0.444 e. The molecule has 1 heterocycles. The molecular formula is C20H32BrN3O2. The van der Waals surface area contributed by atoms with Gasteiger partial charge in [-0.25, -0.2) is 4.79 Å². The van der Waals surface area contributed by atoms with Crippen molar-refractivity contribution in [1.29, 1.82) is 0 Å². The molecule has 0 bridgehead atoms. The maximum atomic E-state index is 12.3. The van der Waals surface area contributed by atoms with Gasteiger partial charge in [0.05, 0.1) is 11.4 Å². The van der Waals surface area contributed by atoms with E-state index < -0.39 is 5.60 Å². The Labute approximate surface area is 165 Å². The van der Waals surface area contributed by atoms with Gasteiger partial charge in [-0.2, -0.15) is 0 Å². The number of carbonyl (C=O) groups excluding carboxylic acids is 1. The maximum Gasteiger partial charge on any atom is 0.410 e. The summed E-state index contributed by atoms with van der Waals surface area (Å²) in [6, 6.07) is 6.23. The van der Waals surface area contributed by atoms with Crippen LogP contribution in [0.3, 0.4) is 0 Å². The maximum absolute atomic E-state index is 12.3. The van der Waals surface area contributed by atoms with Crippen LogP contribution in [0.15, 0.2) is 22.7 Å². The fourth-order valence-corrected chi connectivity index (χ4v) is 3.67. The van der Waals surface area contributed by atoms with E-state index in [9.17, 15) is 4.79 Å². The summed E-state index contributed by atoms with van der Waals surface area (Å²) in [6.07, 6.45) is 6.42. The van der Waals surface area contributed by atoms with Gasteiger partial charge in [0.2, 0.25) is 0 Å². The van der Waals surface area contributed by atoms with Crippen LogP contribution in [0.2, 0.25) is 0 Å². The van der Waals surface area contributed by atoms with Crippen LogP contribution < -0.4 is 11.1 Å². The third-order valence-corrected chi connectivity index (χ3v) is 5.04. The topological polar surface area (TPSA) is 67.6 Å². The van der Waals surface area contributed by atoms with E-state index in [-0.39, 0.29) is 6.09 Å². The van der Waals surface area contributed by atoms with Gasteiger partial charge in [0.1, 0.15) is 5.60 Å². The lowest BCUT2D eigenvalue weighted by Gasteiger charge is -2.28. The number of hydrogen-bond donors (Lipinski definition) is 2. The number of nitrogens with zero attached hydrogens (tertiary/aromatic N) is 1. The molecule has 2 rings (SSSR count). The molecule has 6 heteroatoms. The molecule has 1 aromatic carbocycles. The Morgan fingerprint density at radius 1 is 1.35 bits per heavy atom. The summed E-state index contributed by atoms with van der Waals surface area (Å²) in [5.41, 5.74) is 7.31. The van der Waals surface area contributed by atoms with Crippen molar-refractivity contribution in [3.8, 4) is 0 Å². The van der Waals surface area contributed by atoms with Gasteiger partial charge < -0.3 is 20.7 Å². The molecule has 146 valence electrons. The van der Waals surface area contributed by atoms with Gasteiger partial charge in [-0.1, -0.05) is 28.8 Å². The molecule has 0 radical (unpaired) electrons. The highest BCUT2D eigenvalue weighted by Gasteiger charge is 2.31. The third-order valence-electron chi connectivity index (χ3n) is 4.55. The van der Waals surface area contributed by atoms with E-state index in [1.807, 2.05) is 43.9 Å². The molecule has 1 atom stereocenters. The minimum absolute atomic E-state index is 0.160. The molecule has 0 unspecified atom stereocenters. The second-order valence-electron chi connectivity index (χ2n) is 7.98. The zero-order valence-electron chi connectivity index (χ0n) is 16.2. The number of carbonyl (C=O) groups is 1. The zero-order chi connectivity index (χ0) is 19.2. The van der Waals surface area contributed by atoms with E-state index in [0.717, 1.165) is 67.5 Å². The minimum atomic E-state index is -0.426. The number of ether oxygens (including phenoxy) is 1. The molecule has 0 aromatic heterocycles. The number of unbranched alkanes of at least 4 members (excludes halogenated alkanes) is 2. The molecule has 1 aromatic rings. The molecule has 3 N–H and O–H groups in total. The van der Waals surface area contributed by atoms with Crippen molar-refractivity contribution in [2.75, 3.05) is 24.1 Å². The molecule has 1 aliphatic heterocycles. The lowest BCUT2D eigenvalue weighted by molar-refractivity contribution is 0.0218. The first kappa shape index (κ1) is 20.9. The molecule has 1 saturated heterocycles. The molecular weight excluding hydrogens is 394 g/mol. The van der Waals surface area contributed by atoms with Crippen LogP contribution in [0.4, 0.5) is 16.2 Å². The highest BCUT2D eigenvalue weighted by molar-refractivity contribution is 9.10. The van der Waals surface area contributed by atoms with E-state index >= 15 is 0 Å². The Bertz CT molecular complexity index is 601. The Morgan fingerprint density at radius 3 is 2.81 bits per heavy atom. The smallest absolute Gasteiger partial charge is 0.410 e. The highest BCUT2D eigenvalue weighted by atomic mass is 79.9. The SMILES string of the molecule is CC(C)(C)OC(=O)N1CCC[C@@H]1CCCCCNc1ccc(Br)cc1N. The summed E-state index contributed by atoms with van der Waals surface area (Å²) in [4.78, 5) is 14.2. The first-order valence-electron chi connectivity index (χ1n) is 9.55. The Balaban J connectivity index is 1.65. The third kappa shape index (κ3) is 6.71. The first-order valence-corrected chi connectivity index (χ1v) is 10.3. The lowest BCUT2D eigenvalue weighted by atomic mass is 10.1. The van der Waals surface area contributed by atoms with Gasteiger partial charge in [0.15, 0.2) is 0 Å². The van der Waals surface area contributed by atoms with Crippen molar-refractivity contribution in [1.82, 2.24) is 4.90 Å². The van der Waals surface area contributed by atoms with Crippen molar-refractivity contribution < 1.29 is 9.53 Å². The normalized spacial score (nSPS) is 17.4. The summed E-state index contributed by atoms with van der Waals surface area (Å²) in [6.45, 7) is 7.49.